The number of carbonyl (C=O) groups excluding carboxylic acids is 1. The lowest BCUT2D eigenvalue weighted by molar-refractivity contribution is -0.144. The highest BCUT2D eigenvalue weighted by atomic mass is 16.5. The van der Waals surface area contributed by atoms with E-state index in [0.29, 0.717) is 24.4 Å². The van der Waals surface area contributed by atoms with Gasteiger partial charge in [-0.15, -0.1) is 0 Å². The van der Waals surface area contributed by atoms with Crippen LogP contribution in [0.4, 0.5) is 0 Å². The van der Waals surface area contributed by atoms with Gasteiger partial charge in [-0.25, -0.2) is 0 Å². The van der Waals surface area contributed by atoms with Crippen molar-refractivity contribution in [3.8, 4) is 0 Å². The third kappa shape index (κ3) is 10.3. The summed E-state index contributed by atoms with van der Waals surface area (Å²) < 4.78 is 5.15. The highest BCUT2D eigenvalue weighted by Gasteiger charge is 2.16. The summed E-state index contributed by atoms with van der Waals surface area (Å²) in [6, 6.07) is 0. The molecule has 2 heteroatoms. The van der Waals surface area contributed by atoms with Gasteiger partial charge in [0, 0.05) is 6.42 Å². The Hall–Kier alpha value is -0.530. The lowest BCUT2D eigenvalue weighted by atomic mass is 9.83. The minimum Gasteiger partial charge on any atom is -0.465 e. The molecule has 2 atom stereocenters. The number of hydrogen-bond acceptors (Lipinski definition) is 2. The van der Waals surface area contributed by atoms with Gasteiger partial charge in [-0.2, -0.15) is 0 Å². The SMILES string of the molecule is CCC(=O)OCC(C)CCC(C)CC(C)(C)C. The van der Waals surface area contributed by atoms with Gasteiger partial charge in [0.15, 0.2) is 0 Å². The molecule has 0 bridgehead atoms. The highest BCUT2D eigenvalue weighted by Crippen LogP contribution is 2.27. The number of esters is 1. The zero-order valence-corrected chi connectivity index (χ0v) is 12.5. The summed E-state index contributed by atoms with van der Waals surface area (Å²) in [5, 5.41) is 0. The number of carbonyl (C=O) groups is 1. The predicted molar refractivity (Wildman–Crippen MR) is 72.9 cm³/mol. The summed E-state index contributed by atoms with van der Waals surface area (Å²) in [4.78, 5) is 11.0. The van der Waals surface area contributed by atoms with Crippen molar-refractivity contribution >= 4 is 5.97 Å². The largest absolute Gasteiger partial charge is 0.465 e. The average molecular weight is 242 g/mol. The molecular formula is C15H30O2. The molecule has 0 aromatic carbocycles. The van der Waals surface area contributed by atoms with Gasteiger partial charge in [-0.3, -0.25) is 4.79 Å². The van der Waals surface area contributed by atoms with E-state index >= 15 is 0 Å². The van der Waals surface area contributed by atoms with Crippen molar-refractivity contribution in [3.05, 3.63) is 0 Å². The summed E-state index contributed by atoms with van der Waals surface area (Å²) in [6.45, 7) is 13.7. The van der Waals surface area contributed by atoms with Crippen LogP contribution in [-0.4, -0.2) is 12.6 Å². The van der Waals surface area contributed by atoms with Gasteiger partial charge in [0.2, 0.25) is 0 Å². The zero-order chi connectivity index (χ0) is 13.5. The second-order valence-electron chi connectivity index (χ2n) is 6.59. The Labute approximate surface area is 107 Å². The first-order chi connectivity index (χ1) is 7.74. The van der Waals surface area contributed by atoms with Crippen molar-refractivity contribution in [3.63, 3.8) is 0 Å². The fourth-order valence-corrected chi connectivity index (χ4v) is 2.14. The van der Waals surface area contributed by atoms with Gasteiger partial charge >= 0.3 is 5.97 Å². The van der Waals surface area contributed by atoms with Crippen LogP contribution in [0.15, 0.2) is 0 Å². The topological polar surface area (TPSA) is 26.3 Å². The highest BCUT2D eigenvalue weighted by molar-refractivity contribution is 5.68. The quantitative estimate of drug-likeness (QED) is 0.617. The maximum absolute atomic E-state index is 11.0. The van der Waals surface area contributed by atoms with Gasteiger partial charge in [0.25, 0.3) is 0 Å². The van der Waals surface area contributed by atoms with Crippen molar-refractivity contribution in [1.82, 2.24) is 0 Å². The van der Waals surface area contributed by atoms with Crippen LogP contribution in [0.5, 0.6) is 0 Å². The van der Waals surface area contributed by atoms with Gasteiger partial charge in [0.05, 0.1) is 6.61 Å². The summed E-state index contributed by atoms with van der Waals surface area (Å²) in [5.41, 5.74) is 0.414. The summed E-state index contributed by atoms with van der Waals surface area (Å²) in [6.07, 6.45) is 4.11. The van der Waals surface area contributed by atoms with Crippen molar-refractivity contribution in [1.29, 1.82) is 0 Å². The van der Waals surface area contributed by atoms with E-state index < -0.39 is 0 Å². The first-order valence-corrected chi connectivity index (χ1v) is 6.90. The summed E-state index contributed by atoms with van der Waals surface area (Å²) in [7, 11) is 0. The molecule has 0 heterocycles. The monoisotopic (exact) mass is 242 g/mol. The third-order valence-corrected chi connectivity index (χ3v) is 2.93. The second kappa shape index (κ2) is 7.73. The van der Waals surface area contributed by atoms with E-state index in [2.05, 4.69) is 34.6 Å². The first kappa shape index (κ1) is 16.5. The molecule has 0 amide bonds. The van der Waals surface area contributed by atoms with E-state index in [0.717, 1.165) is 12.3 Å². The molecule has 0 saturated carbocycles. The smallest absolute Gasteiger partial charge is 0.305 e. The van der Waals surface area contributed by atoms with Crippen molar-refractivity contribution in [2.24, 2.45) is 17.3 Å². The second-order valence-corrected chi connectivity index (χ2v) is 6.59. The van der Waals surface area contributed by atoms with Gasteiger partial charge in [0.1, 0.15) is 0 Å². The van der Waals surface area contributed by atoms with Gasteiger partial charge in [-0.05, 0) is 30.1 Å². The number of rotatable bonds is 7. The molecule has 17 heavy (non-hydrogen) atoms. The first-order valence-electron chi connectivity index (χ1n) is 6.90. The predicted octanol–water partition coefficient (Wildman–Crippen LogP) is 4.43. The molecule has 0 aliphatic carbocycles. The lowest BCUT2D eigenvalue weighted by Crippen LogP contribution is -2.14. The Kier molecular flexibility index (Phi) is 7.49. The Morgan fingerprint density at radius 3 is 2.12 bits per heavy atom. The summed E-state index contributed by atoms with van der Waals surface area (Å²) in [5.74, 6) is 1.15. The van der Waals surface area contributed by atoms with Crippen LogP contribution in [0.3, 0.4) is 0 Å². The van der Waals surface area contributed by atoms with Crippen LogP contribution in [-0.2, 0) is 9.53 Å². The Bertz CT molecular complexity index is 215. The molecule has 102 valence electrons. The van der Waals surface area contributed by atoms with Gasteiger partial charge < -0.3 is 4.74 Å². The molecule has 0 saturated heterocycles. The molecule has 2 nitrogen and oxygen atoms in total. The average Bonchev–Trinajstić information content (AvgIpc) is 2.20. The lowest BCUT2D eigenvalue weighted by Gasteiger charge is -2.24. The van der Waals surface area contributed by atoms with E-state index in [1.807, 2.05) is 6.92 Å². The van der Waals surface area contributed by atoms with Crippen molar-refractivity contribution < 1.29 is 9.53 Å². The maximum Gasteiger partial charge on any atom is 0.305 e. The standard InChI is InChI=1S/C15H30O2/c1-7-14(16)17-11-13(3)9-8-12(2)10-15(4,5)6/h12-13H,7-11H2,1-6H3. The molecule has 0 aromatic rings. The normalized spacial score (nSPS) is 15.4. The van der Waals surface area contributed by atoms with Crippen LogP contribution >= 0.6 is 0 Å². The molecule has 0 rings (SSSR count). The summed E-state index contributed by atoms with van der Waals surface area (Å²) >= 11 is 0. The fraction of sp³-hybridized carbons (Fsp3) is 0.933. The van der Waals surface area contributed by atoms with Crippen molar-refractivity contribution in [2.75, 3.05) is 6.61 Å². The van der Waals surface area contributed by atoms with Crippen molar-refractivity contribution in [2.45, 2.75) is 67.2 Å². The van der Waals surface area contributed by atoms with Crippen LogP contribution in [0.1, 0.15) is 67.2 Å². The van der Waals surface area contributed by atoms with E-state index in [1.165, 1.54) is 12.8 Å². The van der Waals surface area contributed by atoms with E-state index in [1.54, 1.807) is 0 Å². The van der Waals surface area contributed by atoms with Gasteiger partial charge in [-0.1, -0.05) is 48.0 Å². The molecular weight excluding hydrogens is 212 g/mol. The molecule has 0 aliphatic rings. The molecule has 0 fully saturated rings. The van der Waals surface area contributed by atoms with Crippen LogP contribution in [0.2, 0.25) is 0 Å². The van der Waals surface area contributed by atoms with E-state index in [4.69, 9.17) is 4.74 Å². The molecule has 0 aromatic heterocycles. The minimum atomic E-state index is -0.0837. The number of hydrogen-bond donors (Lipinski definition) is 0. The van der Waals surface area contributed by atoms with Crippen LogP contribution in [0, 0.1) is 17.3 Å². The maximum atomic E-state index is 11.0. The third-order valence-electron chi connectivity index (χ3n) is 2.93. The number of ether oxygens (including phenoxy) is 1. The Morgan fingerprint density at radius 1 is 1.12 bits per heavy atom. The molecule has 0 N–H and O–H groups in total. The molecule has 0 spiro atoms. The molecule has 0 radical (unpaired) electrons. The fourth-order valence-electron chi connectivity index (χ4n) is 2.14. The Balaban J connectivity index is 3.69. The Morgan fingerprint density at radius 2 is 1.65 bits per heavy atom. The zero-order valence-electron chi connectivity index (χ0n) is 12.5. The van der Waals surface area contributed by atoms with Crippen LogP contribution < -0.4 is 0 Å². The van der Waals surface area contributed by atoms with Crippen LogP contribution in [0.25, 0.3) is 0 Å². The van der Waals surface area contributed by atoms with E-state index in [-0.39, 0.29) is 5.97 Å². The van der Waals surface area contributed by atoms with E-state index in [9.17, 15) is 4.79 Å². The molecule has 2 unspecified atom stereocenters. The minimum absolute atomic E-state index is 0.0837. The molecule has 0 aliphatic heterocycles.